The molecule has 1 aromatic carbocycles. The lowest BCUT2D eigenvalue weighted by Crippen LogP contribution is -2.50. The molecule has 0 radical (unpaired) electrons. The van der Waals surface area contributed by atoms with Gasteiger partial charge in [-0.25, -0.2) is 0 Å². The van der Waals surface area contributed by atoms with Crippen molar-refractivity contribution >= 4 is 11.6 Å². The van der Waals surface area contributed by atoms with Crippen LogP contribution in [0.3, 0.4) is 0 Å². The van der Waals surface area contributed by atoms with Crippen LogP contribution in [0, 0.1) is 17.0 Å². The fourth-order valence-electron chi connectivity index (χ4n) is 2.43. The van der Waals surface area contributed by atoms with E-state index in [-0.39, 0.29) is 36.4 Å². The lowest BCUT2D eigenvalue weighted by molar-refractivity contribution is -0.385. The molecule has 1 fully saturated rings. The molecule has 114 valence electrons. The van der Waals surface area contributed by atoms with Gasteiger partial charge in [-0.2, -0.15) is 0 Å². The smallest absolute Gasteiger partial charge is 0.273 e. The number of nitro benzene ring substituents is 1. The Morgan fingerprint density at radius 1 is 1.52 bits per heavy atom. The molecular weight excluding hydrogens is 276 g/mol. The molecule has 2 unspecified atom stereocenters. The zero-order chi connectivity index (χ0) is 15.6. The highest BCUT2D eigenvalue weighted by atomic mass is 16.6. The average molecular weight is 294 g/mol. The Balaban J connectivity index is 2.23. The predicted molar refractivity (Wildman–Crippen MR) is 75.2 cm³/mol. The summed E-state index contributed by atoms with van der Waals surface area (Å²) >= 11 is 0. The van der Waals surface area contributed by atoms with Crippen LogP contribution >= 0.6 is 0 Å². The van der Waals surface area contributed by atoms with Gasteiger partial charge in [-0.05, 0) is 19.9 Å². The highest BCUT2D eigenvalue weighted by molar-refractivity contribution is 5.95. The van der Waals surface area contributed by atoms with Gasteiger partial charge >= 0.3 is 0 Å². The van der Waals surface area contributed by atoms with Crippen LogP contribution in [0.1, 0.15) is 22.8 Å². The highest BCUT2D eigenvalue weighted by Crippen LogP contribution is 2.21. The molecule has 0 saturated carbocycles. The second kappa shape index (κ2) is 6.19. The predicted octanol–water partition coefficient (Wildman–Crippen LogP) is 1.13. The van der Waals surface area contributed by atoms with Crippen molar-refractivity contribution in [1.29, 1.82) is 0 Å². The van der Waals surface area contributed by atoms with E-state index in [2.05, 4.69) is 0 Å². The van der Waals surface area contributed by atoms with E-state index in [1.165, 1.54) is 6.07 Å². The van der Waals surface area contributed by atoms with E-state index >= 15 is 0 Å². The molecule has 1 N–H and O–H groups in total. The lowest BCUT2D eigenvalue weighted by Gasteiger charge is -2.36. The molecule has 7 heteroatoms. The van der Waals surface area contributed by atoms with Gasteiger partial charge in [0.2, 0.25) is 0 Å². The minimum Gasteiger partial charge on any atom is -0.394 e. The molecule has 7 nitrogen and oxygen atoms in total. The van der Waals surface area contributed by atoms with Gasteiger partial charge in [0, 0.05) is 30.3 Å². The number of aliphatic hydroxyl groups is 1. The third kappa shape index (κ3) is 3.37. The summed E-state index contributed by atoms with van der Waals surface area (Å²) in [4.78, 5) is 24.5. The first-order valence-corrected chi connectivity index (χ1v) is 6.73. The number of ether oxygens (including phenoxy) is 1. The van der Waals surface area contributed by atoms with E-state index in [4.69, 9.17) is 4.74 Å². The van der Waals surface area contributed by atoms with Gasteiger partial charge in [-0.15, -0.1) is 0 Å². The number of nitro groups is 1. The molecule has 0 spiro atoms. The number of benzene rings is 1. The molecule has 21 heavy (non-hydrogen) atoms. The van der Waals surface area contributed by atoms with Crippen LogP contribution in [-0.4, -0.2) is 52.7 Å². The number of rotatable bonds is 3. The summed E-state index contributed by atoms with van der Waals surface area (Å²) in [6.45, 7) is 3.96. The molecule has 1 aromatic rings. The first-order chi connectivity index (χ1) is 9.92. The zero-order valence-electron chi connectivity index (χ0n) is 12.0. The van der Waals surface area contributed by atoms with Crippen molar-refractivity contribution in [3.63, 3.8) is 0 Å². The van der Waals surface area contributed by atoms with Crippen molar-refractivity contribution in [1.82, 2.24) is 4.90 Å². The Kier molecular flexibility index (Phi) is 4.54. The number of nitrogens with zero attached hydrogens (tertiary/aromatic N) is 2. The van der Waals surface area contributed by atoms with Crippen molar-refractivity contribution in [3.05, 3.63) is 39.4 Å². The van der Waals surface area contributed by atoms with E-state index in [0.29, 0.717) is 12.1 Å². The van der Waals surface area contributed by atoms with Crippen molar-refractivity contribution < 1.29 is 19.6 Å². The van der Waals surface area contributed by atoms with Crippen LogP contribution in [0.4, 0.5) is 5.69 Å². The monoisotopic (exact) mass is 294 g/mol. The lowest BCUT2D eigenvalue weighted by atomic mass is 10.1. The van der Waals surface area contributed by atoms with Crippen molar-refractivity contribution in [3.8, 4) is 0 Å². The minimum atomic E-state index is -0.495. The van der Waals surface area contributed by atoms with Gasteiger partial charge < -0.3 is 14.7 Å². The largest absolute Gasteiger partial charge is 0.394 e. The molecule has 1 aliphatic heterocycles. The zero-order valence-corrected chi connectivity index (χ0v) is 12.0. The molecule has 1 saturated heterocycles. The van der Waals surface area contributed by atoms with E-state index in [9.17, 15) is 20.0 Å². The Labute approximate surface area is 122 Å². The van der Waals surface area contributed by atoms with Crippen LogP contribution in [-0.2, 0) is 4.74 Å². The van der Waals surface area contributed by atoms with Crippen LogP contribution < -0.4 is 0 Å². The Morgan fingerprint density at radius 2 is 2.24 bits per heavy atom. The summed E-state index contributed by atoms with van der Waals surface area (Å²) in [6.07, 6.45) is -0.599. The van der Waals surface area contributed by atoms with E-state index in [1.54, 1.807) is 24.0 Å². The summed E-state index contributed by atoms with van der Waals surface area (Å²) in [7, 11) is 0. The van der Waals surface area contributed by atoms with Crippen molar-refractivity contribution in [2.24, 2.45) is 0 Å². The highest BCUT2D eigenvalue weighted by Gasteiger charge is 2.29. The first-order valence-electron chi connectivity index (χ1n) is 6.73. The Morgan fingerprint density at radius 3 is 2.86 bits per heavy atom. The Hall–Kier alpha value is -1.99. The molecular formula is C14H18N2O5. The summed E-state index contributed by atoms with van der Waals surface area (Å²) in [5.41, 5.74) is 0.721. The SMILES string of the molecule is Cc1ccc(C(=O)N2CC(C)OC(CO)C2)cc1[N+](=O)[O-]. The third-order valence-electron chi connectivity index (χ3n) is 3.47. The van der Waals surface area contributed by atoms with Gasteiger partial charge in [-0.3, -0.25) is 14.9 Å². The summed E-state index contributed by atoms with van der Waals surface area (Å²) < 4.78 is 5.48. The number of carbonyl (C=O) groups is 1. The molecule has 2 atom stereocenters. The number of aliphatic hydroxyl groups excluding tert-OH is 1. The van der Waals surface area contributed by atoms with Crippen LogP contribution in [0.15, 0.2) is 18.2 Å². The standard InChI is InChI=1S/C14H18N2O5/c1-9-3-4-11(5-13(9)16(19)20)14(18)15-6-10(2)21-12(7-15)8-17/h3-5,10,12,17H,6-8H2,1-2H3. The van der Waals surface area contributed by atoms with Gasteiger partial charge in [0.25, 0.3) is 11.6 Å². The summed E-state index contributed by atoms with van der Waals surface area (Å²) in [6, 6.07) is 4.45. The third-order valence-corrected chi connectivity index (χ3v) is 3.47. The fourth-order valence-corrected chi connectivity index (χ4v) is 2.43. The maximum atomic E-state index is 12.5. The number of amides is 1. The number of aryl methyl sites for hydroxylation is 1. The Bertz CT molecular complexity index is 560. The van der Waals surface area contributed by atoms with Crippen LogP contribution in [0.5, 0.6) is 0 Å². The summed E-state index contributed by atoms with van der Waals surface area (Å²) in [5, 5.41) is 20.1. The minimum absolute atomic E-state index is 0.0686. The molecule has 1 amide bonds. The van der Waals surface area contributed by atoms with Crippen molar-refractivity contribution in [2.75, 3.05) is 19.7 Å². The van der Waals surface area contributed by atoms with Gasteiger partial charge in [0.1, 0.15) is 0 Å². The molecule has 1 heterocycles. The first kappa shape index (κ1) is 15.4. The van der Waals surface area contributed by atoms with E-state index < -0.39 is 11.0 Å². The number of hydrogen-bond acceptors (Lipinski definition) is 5. The molecule has 0 aliphatic carbocycles. The second-order valence-electron chi connectivity index (χ2n) is 5.22. The topological polar surface area (TPSA) is 92.9 Å². The molecule has 0 aromatic heterocycles. The van der Waals surface area contributed by atoms with Crippen molar-refractivity contribution in [2.45, 2.75) is 26.1 Å². The normalized spacial score (nSPS) is 22.1. The maximum absolute atomic E-state index is 12.5. The maximum Gasteiger partial charge on any atom is 0.273 e. The molecule has 2 rings (SSSR count). The molecule has 0 bridgehead atoms. The quantitative estimate of drug-likeness (QED) is 0.666. The fraction of sp³-hybridized carbons (Fsp3) is 0.500. The number of carbonyl (C=O) groups excluding carboxylic acids is 1. The van der Waals surface area contributed by atoms with Gasteiger partial charge in [0.05, 0.1) is 23.7 Å². The summed E-state index contributed by atoms with van der Waals surface area (Å²) in [5.74, 6) is -0.285. The van der Waals surface area contributed by atoms with Crippen LogP contribution in [0.2, 0.25) is 0 Å². The number of hydrogen-bond donors (Lipinski definition) is 1. The van der Waals surface area contributed by atoms with Gasteiger partial charge in [-0.1, -0.05) is 6.07 Å². The average Bonchev–Trinajstić information content (AvgIpc) is 2.46. The van der Waals surface area contributed by atoms with E-state index in [0.717, 1.165) is 0 Å². The molecule has 1 aliphatic rings. The van der Waals surface area contributed by atoms with Crippen LogP contribution in [0.25, 0.3) is 0 Å². The van der Waals surface area contributed by atoms with Gasteiger partial charge in [0.15, 0.2) is 0 Å². The van der Waals surface area contributed by atoms with E-state index in [1.807, 2.05) is 6.92 Å². The number of morpholine rings is 1. The second-order valence-corrected chi connectivity index (χ2v) is 5.22.